The van der Waals surface area contributed by atoms with Gasteiger partial charge in [-0.1, -0.05) is 35.3 Å². The molecule has 3 heteroatoms. The number of benzene rings is 2. The first-order valence-corrected chi connectivity index (χ1v) is 6.86. The summed E-state index contributed by atoms with van der Waals surface area (Å²) >= 11 is 12.1. The quantitative estimate of drug-likeness (QED) is 0.826. The fourth-order valence-corrected chi connectivity index (χ4v) is 2.72. The first-order valence-electron chi connectivity index (χ1n) is 6.10. The highest BCUT2D eigenvalue weighted by Gasteiger charge is 2.15. The van der Waals surface area contributed by atoms with E-state index in [4.69, 9.17) is 23.2 Å². The Kier molecular flexibility index (Phi) is 4.19. The maximum absolute atomic E-state index is 10.5. The van der Waals surface area contributed by atoms with Crippen LogP contribution in [0, 0.1) is 20.8 Å². The van der Waals surface area contributed by atoms with Crippen LogP contribution in [-0.4, -0.2) is 5.11 Å². The second-order valence-corrected chi connectivity index (χ2v) is 5.77. The summed E-state index contributed by atoms with van der Waals surface area (Å²) < 4.78 is 0. The van der Waals surface area contributed by atoms with E-state index in [9.17, 15) is 5.11 Å². The van der Waals surface area contributed by atoms with Gasteiger partial charge in [0, 0.05) is 10.0 Å². The van der Waals surface area contributed by atoms with Crippen LogP contribution in [0.3, 0.4) is 0 Å². The molecule has 1 unspecified atom stereocenters. The molecule has 0 saturated heterocycles. The number of aryl methyl sites for hydroxylation is 3. The average Bonchev–Trinajstić information content (AvgIpc) is 2.31. The van der Waals surface area contributed by atoms with Crippen molar-refractivity contribution in [3.63, 3.8) is 0 Å². The van der Waals surface area contributed by atoms with Gasteiger partial charge in [0.1, 0.15) is 6.10 Å². The van der Waals surface area contributed by atoms with Gasteiger partial charge < -0.3 is 5.11 Å². The zero-order valence-corrected chi connectivity index (χ0v) is 12.7. The van der Waals surface area contributed by atoms with E-state index in [1.54, 1.807) is 6.07 Å². The molecular formula is C16H16Cl2O. The molecule has 100 valence electrons. The molecule has 0 aliphatic heterocycles. The highest BCUT2D eigenvalue weighted by molar-refractivity contribution is 6.31. The summed E-state index contributed by atoms with van der Waals surface area (Å²) in [4.78, 5) is 0. The molecule has 0 aromatic heterocycles. The summed E-state index contributed by atoms with van der Waals surface area (Å²) in [5.74, 6) is 0. The predicted molar refractivity (Wildman–Crippen MR) is 81.2 cm³/mol. The molecule has 0 bridgehead atoms. The van der Waals surface area contributed by atoms with Crippen LogP contribution < -0.4 is 0 Å². The highest BCUT2D eigenvalue weighted by atomic mass is 35.5. The van der Waals surface area contributed by atoms with Gasteiger partial charge in [0.05, 0.1) is 0 Å². The molecule has 2 rings (SSSR count). The average molecular weight is 295 g/mol. The number of halogens is 2. The van der Waals surface area contributed by atoms with Gasteiger partial charge in [-0.3, -0.25) is 0 Å². The van der Waals surface area contributed by atoms with Crippen LogP contribution in [0.15, 0.2) is 30.3 Å². The molecule has 0 aliphatic rings. The van der Waals surface area contributed by atoms with Crippen LogP contribution in [0.5, 0.6) is 0 Å². The third-order valence-corrected chi connectivity index (χ3v) is 3.85. The van der Waals surface area contributed by atoms with E-state index in [2.05, 4.69) is 0 Å². The summed E-state index contributed by atoms with van der Waals surface area (Å²) in [7, 11) is 0. The topological polar surface area (TPSA) is 20.2 Å². The third-order valence-electron chi connectivity index (χ3n) is 3.22. The van der Waals surface area contributed by atoms with Crippen molar-refractivity contribution in [2.75, 3.05) is 0 Å². The van der Waals surface area contributed by atoms with Crippen LogP contribution in [0.2, 0.25) is 10.0 Å². The number of rotatable bonds is 2. The monoisotopic (exact) mass is 294 g/mol. The molecule has 0 fully saturated rings. The highest BCUT2D eigenvalue weighted by Crippen LogP contribution is 2.30. The van der Waals surface area contributed by atoms with Gasteiger partial charge in [-0.05, 0) is 66.8 Å². The zero-order chi connectivity index (χ0) is 14.2. The van der Waals surface area contributed by atoms with E-state index >= 15 is 0 Å². The SMILES string of the molecule is Cc1cc(Cl)cc(C(O)c2cc(C)c(Cl)cc2C)c1. The lowest BCUT2D eigenvalue weighted by atomic mass is 9.95. The van der Waals surface area contributed by atoms with Crippen LogP contribution in [0.25, 0.3) is 0 Å². The number of aliphatic hydroxyl groups excluding tert-OH is 1. The summed E-state index contributed by atoms with van der Waals surface area (Å²) in [5.41, 5.74) is 4.63. The van der Waals surface area contributed by atoms with Crippen LogP contribution in [-0.2, 0) is 0 Å². The van der Waals surface area contributed by atoms with Crippen molar-refractivity contribution in [1.29, 1.82) is 0 Å². The van der Waals surface area contributed by atoms with Crippen molar-refractivity contribution in [2.45, 2.75) is 26.9 Å². The van der Waals surface area contributed by atoms with E-state index < -0.39 is 6.10 Å². The Morgan fingerprint density at radius 1 is 0.895 bits per heavy atom. The number of aliphatic hydroxyl groups is 1. The van der Waals surface area contributed by atoms with Crippen molar-refractivity contribution >= 4 is 23.2 Å². The zero-order valence-electron chi connectivity index (χ0n) is 11.2. The fraction of sp³-hybridized carbons (Fsp3) is 0.250. The molecule has 2 aromatic carbocycles. The molecule has 0 heterocycles. The largest absolute Gasteiger partial charge is 0.384 e. The summed E-state index contributed by atoms with van der Waals surface area (Å²) in [6.45, 7) is 5.84. The first-order chi connectivity index (χ1) is 8.88. The molecule has 0 radical (unpaired) electrons. The molecule has 2 aromatic rings. The first kappa shape index (κ1) is 14.4. The Hall–Kier alpha value is -1.02. The minimum absolute atomic E-state index is 0.636. The van der Waals surface area contributed by atoms with Gasteiger partial charge in [-0.2, -0.15) is 0 Å². The number of hydrogen-bond donors (Lipinski definition) is 1. The van der Waals surface area contributed by atoms with Gasteiger partial charge in [0.2, 0.25) is 0 Å². The molecule has 0 amide bonds. The maximum atomic E-state index is 10.5. The van der Waals surface area contributed by atoms with E-state index in [0.717, 1.165) is 32.8 Å². The van der Waals surface area contributed by atoms with Gasteiger partial charge >= 0.3 is 0 Å². The van der Waals surface area contributed by atoms with Crippen molar-refractivity contribution < 1.29 is 5.11 Å². The normalized spacial score (nSPS) is 12.5. The van der Waals surface area contributed by atoms with Crippen molar-refractivity contribution in [2.24, 2.45) is 0 Å². The van der Waals surface area contributed by atoms with Crippen molar-refractivity contribution in [1.82, 2.24) is 0 Å². The molecule has 0 saturated carbocycles. The van der Waals surface area contributed by atoms with Crippen molar-refractivity contribution in [3.05, 3.63) is 68.2 Å². The molecule has 0 spiro atoms. The minimum Gasteiger partial charge on any atom is -0.384 e. The Balaban J connectivity index is 2.49. The lowest BCUT2D eigenvalue weighted by Crippen LogP contribution is -2.03. The predicted octanol–water partition coefficient (Wildman–Crippen LogP) is 5.00. The summed E-state index contributed by atoms with van der Waals surface area (Å²) in [6.07, 6.45) is -0.687. The molecule has 1 atom stereocenters. The second kappa shape index (κ2) is 5.54. The van der Waals surface area contributed by atoms with Gasteiger partial charge in [-0.25, -0.2) is 0 Å². The van der Waals surface area contributed by atoms with Gasteiger partial charge in [0.25, 0.3) is 0 Å². The standard InChI is InChI=1S/C16H16Cl2O/c1-9-4-12(8-13(17)5-9)16(19)14-6-11(3)15(18)7-10(14)2/h4-8,16,19H,1-3H3. The second-order valence-electron chi connectivity index (χ2n) is 4.92. The molecule has 0 aliphatic carbocycles. The molecule has 19 heavy (non-hydrogen) atoms. The van der Waals surface area contributed by atoms with Crippen molar-refractivity contribution in [3.8, 4) is 0 Å². The van der Waals surface area contributed by atoms with E-state index in [-0.39, 0.29) is 0 Å². The maximum Gasteiger partial charge on any atom is 0.104 e. The summed E-state index contributed by atoms with van der Waals surface area (Å²) in [5, 5.41) is 11.9. The lowest BCUT2D eigenvalue weighted by molar-refractivity contribution is 0.219. The van der Waals surface area contributed by atoms with Crippen LogP contribution in [0.1, 0.15) is 33.9 Å². The van der Waals surface area contributed by atoms with Crippen LogP contribution >= 0.6 is 23.2 Å². The Morgan fingerprint density at radius 2 is 1.58 bits per heavy atom. The third kappa shape index (κ3) is 3.11. The number of hydrogen-bond acceptors (Lipinski definition) is 1. The molecule has 1 N–H and O–H groups in total. The van der Waals surface area contributed by atoms with Gasteiger partial charge in [0.15, 0.2) is 0 Å². The Morgan fingerprint density at radius 3 is 2.21 bits per heavy atom. The Labute approximate surface area is 123 Å². The molecular weight excluding hydrogens is 279 g/mol. The van der Waals surface area contributed by atoms with E-state index in [0.29, 0.717) is 5.02 Å². The van der Waals surface area contributed by atoms with Crippen LogP contribution in [0.4, 0.5) is 0 Å². The minimum atomic E-state index is -0.687. The fourth-order valence-electron chi connectivity index (χ4n) is 2.20. The van der Waals surface area contributed by atoms with E-state index in [1.807, 2.05) is 45.0 Å². The van der Waals surface area contributed by atoms with Gasteiger partial charge in [-0.15, -0.1) is 0 Å². The summed E-state index contributed by atoms with van der Waals surface area (Å²) in [6, 6.07) is 9.42. The molecule has 1 nitrogen and oxygen atoms in total. The lowest BCUT2D eigenvalue weighted by Gasteiger charge is -2.16. The smallest absolute Gasteiger partial charge is 0.104 e. The Bertz CT molecular complexity index is 600. The van der Waals surface area contributed by atoms with E-state index in [1.165, 1.54) is 0 Å².